The van der Waals surface area contributed by atoms with Crippen LogP contribution in [0, 0.1) is 6.92 Å². The van der Waals surface area contributed by atoms with Crippen LogP contribution in [0.2, 0.25) is 0 Å². The zero-order chi connectivity index (χ0) is 13.1. The van der Waals surface area contributed by atoms with Crippen molar-refractivity contribution >= 4 is 18.2 Å². The normalized spacial score (nSPS) is 11.9. The molecule has 2 aromatic heterocycles. The highest BCUT2D eigenvalue weighted by Crippen LogP contribution is 2.09. The van der Waals surface area contributed by atoms with Gasteiger partial charge in [0.1, 0.15) is 5.82 Å². The van der Waals surface area contributed by atoms with E-state index in [0.29, 0.717) is 18.8 Å². The van der Waals surface area contributed by atoms with Gasteiger partial charge in [-0.05, 0) is 25.5 Å². The Hall–Kier alpha value is -1.59. The number of nitrogens with zero attached hydrogens (tertiary/aromatic N) is 3. The Kier molecular flexibility index (Phi) is 5.32. The van der Waals surface area contributed by atoms with Crippen LogP contribution in [0.15, 0.2) is 24.4 Å². The molecule has 2 aromatic rings. The second-order valence-electron chi connectivity index (χ2n) is 4.58. The molecule has 0 aromatic carbocycles. The number of aliphatic hydroxyl groups is 1. The Morgan fingerprint density at radius 3 is 2.63 bits per heavy atom. The van der Waals surface area contributed by atoms with Crippen LogP contribution in [0.1, 0.15) is 23.9 Å². The van der Waals surface area contributed by atoms with Gasteiger partial charge in [0.05, 0.1) is 12.6 Å². The molecule has 6 heteroatoms. The Morgan fingerprint density at radius 2 is 2.16 bits per heavy atom. The number of aromatic nitrogens is 3. The lowest BCUT2D eigenvalue weighted by molar-refractivity contribution is 0.194. The summed E-state index contributed by atoms with van der Waals surface area (Å²) in [5.41, 5.74) is 8.62. The first-order valence-corrected chi connectivity index (χ1v) is 5.96. The minimum absolute atomic E-state index is 0. The van der Waals surface area contributed by atoms with Gasteiger partial charge in [0.2, 0.25) is 0 Å². The molecule has 0 radical (unpaired) electrons. The van der Waals surface area contributed by atoms with Gasteiger partial charge >= 0.3 is 0 Å². The summed E-state index contributed by atoms with van der Waals surface area (Å²) in [6.45, 7) is 4.38. The average molecular weight is 283 g/mol. The van der Waals surface area contributed by atoms with Crippen molar-refractivity contribution in [2.45, 2.75) is 32.9 Å². The van der Waals surface area contributed by atoms with Crippen LogP contribution in [0.5, 0.6) is 0 Å². The zero-order valence-corrected chi connectivity index (χ0v) is 11.9. The molecule has 19 heavy (non-hydrogen) atoms. The van der Waals surface area contributed by atoms with Gasteiger partial charge in [-0.3, -0.25) is 9.67 Å². The van der Waals surface area contributed by atoms with Crippen LogP contribution < -0.4 is 5.73 Å². The highest BCUT2D eigenvalue weighted by atomic mass is 35.5. The molecule has 0 saturated heterocycles. The molecule has 5 nitrogen and oxygen atoms in total. The van der Waals surface area contributed by atoms with Crippen LogP contribution in [0.25, 0.3) is 0 Å². The Bertz CT molecular complexity index is 522. The van der Waals surface area contributed by atoms with Crippen LogP contribution in [0.3, 0.4) is 0 Å². The van der Waals surface area contributed by atoms with Gasteiger partial charge in [-0.1, -0.05) is 6.07 Å². The number of anilines is 1. The van der Waals surface area contributed by atoms with Crippen LogP contribution in [-0.4, -0.2) is 26.0 Å². The molecule has 2 heterocycles. The number of aryl methyl sites for hydroxylation is 1. The topological polar surface area (TPSA) is 77.0 Å². The standard InChI is InChI=1S/C13H18N4O.ClH/c1-9-5-13(14)16-17(9)8-11-3-4-12(15-7-11)6-10(2)18;/h3-5,7,10,18H,6,8H2,1-2H3,(H2,14,16);1H. The van der Waals surface area contributed by atoms with E-state index < -0.39 is 0 Å². The Morgan fingerprint density at radius 1 is 1.42 bits per heavy atom. The van der Waals surface area contributed by atoms with E-state index in [1.54, 1.807) is 6.92 Å². The molecule has 0 aliphatic carbocycles. The van der Waals surface area contributed by atoms with E-state index in [4.69, 9.17) is 5.73 Å². The lowest BCUT2D eigenvalue weighted by Crippen LogP contribution is -2.07. The fourth-order valence-electron chi connectivity index (χ4n) is 1.84. The Balaban J connectivity index is 0.00000180. The van der Waals surface area contributed by atoms with Crippen LogP contribution in [0.4, 0.5) is 5.82 Å². The number of aliphatic hydroxyl groups excluding tert-OH is 1. The van der Waals surface area contributed by atoms with Crippen LogP contribution >= 0.6 is 12.4 Å². The molecule has 3 N–H and O–H groups in total. The second kappa shape index (κ2) is 6.54. The Labute approximate surface area is 118 Å². The molecule has 0 fully saturated rings. The van der Waals surface area contributed by atoms with Crippen molar-refractivity contribution in [2.75, 3.05) is 5.73 Å². The molecule has 0 saturated carbocycles. The summed E-state index contributed by atoms with van der Waals surface area (Å²) < 4.78 is 1.85. The highest BCUT2D eigenvalue weighted by molar-refractivity contribution is 5.85. The first kappa shape index (κ1) is 15.5. The average Bonchev–Trinajstić information content (AvgIpc) is 2.59. The molecule has 0 bridgehead atoms. The van der Waals surface area contributed by atoms with Gasteiger partial charge in [-0.15, -0.1) is 12.4 Å². The van der Waals surface area contributed by atoms with Crippen molar-refractivity contribution in [2.24, 2.45) is 0 Å². The number of hydrogen-bond acceptors (Lipinski definition) is 4. The van der Waals surface area contributed by atoms with Crippen molar-refractivity contribution in [3.8, 4) is 0 Å². The van der Waals surface area contributed by atoms with Crippen molar-refractivity contribution in [3.63, 3.8) is 0 Å². The van der Waals surface area contributed by atoms with Gasteiger partial charge in [-0.2, -0.15) is 5.10 Å². The number of nitrogens with two attached hydrogens (primary N) is 1. The third-order valence-electron chi connectivity index (χ3n) is 2.72. The maximum Gasteiger partial charge on any atom is 0.145 e. The molecule has 1 atom stereocenters. The summed E-state index contributed by atoms with van der Waals surface area (Å²) in [6.07, 6.45) is 2.03. The maximum atomic E-state index is 9.28. The van der Waals surface area contributed by atoms with Crippen molar-refractivity contribution in [1.82, 2.24) is 14.8 Å². The van der Waals surface area contributed by atoms with Gasteiger partial charge < -0.3 is 10.8 Å². The van der Waals surface area contributed by atoms with Gasteiger partial charge in [0, 0.05) is 30.1 Å². The SMILES string of the molecule is Cc1cc(N)nn1Cc1ccc(CC(C)O)nc1.Cl. The van der Waals surface area contributed by atoms with E-state index >= 15 is 0 Å². The largest absolute Gasteiger partial charge is 0.393 e. The van der Waals surface area contributed by atoms with E-state index in [0.717, 1.165) is 17.0 Å². The molecule has 0 aliphatic heterocycles. The summed E-state index contributed by atoms with van der Waals surface area (Å²) in [6, 6.07) is 5.78. The third kappa shape index (κ3) is 4.22. The minimum atomic E-state index is -0.364. The molecule has 2 rings (SSSR count). The summed E-state index contributed by atoms with van der Waals surface area (Å²) in [5.74, 6) is 0.534. The summed E-state index contributed by atoms with van der Waals surface area (Å²) >= 11 is 0. The predicted molar refractivity (Wildman–Crippen MR) is 77.3 cm³/mol. The quantitative estimate of drug-likeness (QED) is 0.892. The summed E-state index contributed by atoms with van der Waals surface area (Å²) in [4.78, 5) is 4.32. The van der Waals surface area contributed by atoms with Gasteiger partial charge in [-0.25, -0.2) is 0 Å². The van der Waals surface area contributed by atoms with E-state index in [1.807, 2.05) is 36.0 Å². The van der Waals surface area contributed by atoms with Crippen molar-refractivity contribution < 1.29 is 5.11 Å². The number of hydrogen-bond donors (Lipinski definition) is 2. The fraction of sp³-hybridized carbons (Fsp3) is 0.385. The second-order valence-corrected chi connectivity index (χ2v) is 4.58. The number of rotatable bonds is 4. The molecule has 0 spiro atoms. The smallest absolute Gasteiger partial charge is 0.145 e. The van der Waals surface area contributed by atoms with Gasteiger partial charge in [0.25, 0.3) is 0 Å². The molecule has 104 valence electrons. The predicted octanol–water partition coefficient (Wildman–Crippen LogP) is 1.56. The van der Waals surface area contributed by atoms with Crippen molar-refractivity contribution in [3.05, 3.63) is 41.3 Å². The molecular weight excluding hydrogens is 264 g/mol. The van der Waals surface area contributed by atoms with E-state index in [2.05, 4.69) is 10.1 Å². The first-order valence-electron chi connectivity index (χ1n) is 5.96. The molecule has 0 aliphatic rings. The number of halogens is 1. The maximum absolute atomic E-state index is 9.28. The number of pyridine rings is 1. The minimum Gasteiger partial charge on any atom is -0.393 e. The lowest BCUT2D eigenvalue weighted by atomic mass is 10.2. The highest BCUT2D eigenvalue weighted by Gasteiger charge is 2.04. The van der Waals surface area contributed by atoms with E-state index in [-0.39, 0.29) is 18.5 Å². The molecule has 0 amide bonds. The van der Waals surface area contributed by atoms with Gasteiger partial charge in [0.15, 0.2) is 0 Å². The number of nitrogen functional groups attached to an aromatic ring is 1. The fourth-order valence-corrected chi connectivity index (χ4v) is 1.84. The van der Waals surface area contributed by atoms with E-state index in [9.17, 15) is 5.11 Å². The van der Waals surface area contributed by atoms with Crippen molar-refractivity contribution in [1.29, 1.82) is 0 Å². The zero-order valence-electron chi connectivity index (χ0n) is 11.1. The first-order chi connectivity index (χ1) is 8.54. The van der Waals surface area contributed by atoms with Crippen LogP contribution in [-0.2, 0) is 13.0 Å². The summed E-state index contributed by atoms with van der Waals surface area (Å²) in [5, 5.41) is 13.5. The lowest BCUT2D eigenvalue weighted by Gasteiger charge is -2.06. The monoisotopic (exact) mass is 282 g/mol. The molecule has 1 unspecified atom stereocenters. The summed E-state index contributed by atoms with van der Waals surface area (Å²) in [7, 11) is 0. The molecular formula is C13H19ClN4O. The third-order valence-corrected chi connectivity index (χ3v) is 2.72. The van der Waals surface area contributed by atoms with E-state index in [1.165, 1.54) is 0 Å².